The minimum Gasteiger partial charge on any atom is -0.356 e. The number of halogens is 2. The van der Waals surface area contributed by atoms with E-state index in [4.69, 9.17) is 10.00 Å². The molecule has 0 spiro atoms. The average Bonchev–Trinajstić information content (AvgIpc) is 2.83. The minimum absolute atomic E-state index is 0.232. The summed E-state index contributed by atoms with van der Waals surface area (Å²) in [5.41, 5.74) is 0.563. The van der Waals surface area contributed by atoms with Gasteiger partial charge in [0, 0.05) is 12.0 Å². The van der Waals surface area contributed by atoms with Crippen molar-refractivity contribution in [1.82, 2.24) is 9.78 Å². The molecule has 1 fully saturated rings. The number of fused-ring (bicyclic) bond motifs is 1. The first-order valence-electron chi connectivity index (χ1n) is 6.10. The molecule has 98 valence electrons. The molecule has 0 aliphatic carbocycles. The van der Waals surface area contributed by atoms with E-state index in [9.17, 15) is 4.39 Å². The smallest absolute Gasteiger partial charge is 0.170 e. The lowest BCUT2D eigenvalue weighted by atomic mass is 10.1. The van der Waals surface area contributed by atoms with E-state index in [-0.39, 0.29) is 11.9 Å². The van der Waals surface area contributed by atoms with Crippen molar-refractivity contribution in [2.75, 3.05) is 6.61 Å². The van der Waals surface area contributed by atoms with E-state index in [1.165, 1.54) is 4.68 Å². The van der Waals surface area contributed by atoms with Gasteiger partial charge in [0.1, 0.15) is 11.6 Å². The predicted molar refractivity (Wildman–Crippen MR) is 70.9 cm³/mol. The second kappa shape index (κ2) is 4.91. The summed E-state index contributed by atoms with van der Waals surface area (Å²) in [5, 5.41) is 13.8. The van der Waals surface area contributed by atoms with Gasteiger partial charge < -0.3 is 4.74 Å². The van der Waals surface area contributed by atoms with Gasteiger partial charge in [0.2, 0.25) is 0 Å². The van der Waals surface area contributed by atoms with Gasteiger partial charge in [-0.3, -0.25) is 0 Å². The molecule has 1 unspecified atom stereocenters. The summed E-state index contributed by atoms with van der Waals surface area (Å²) in [6, 6.07) is 5.30. The molecular weight excluding hydrogens is 313 g/mol. The van der Waals surface area contributed by atoms with Crippen LogP contribution in [-0.2, 0) is 4.74 Å². The molecule has 0 radical (unpaired) electrons. The van der Waals surface area contributed by atoms with Crippen LogP contribution in [0.4, 0.5) is 4.39 Å². The summed E-state index contributed by atoms with van der Waals surface area (Å²) in [6.45, 7) is 0.642. The number of nitriles is 1. The van der Waals surface area contributed by atoms with Crippen molar-refractivity contribution in [3.63, 3.8) is 0 Å². The topological polar surface area (TPSA) is 50.8 Å². The Kier molecular flexibility index (Phi) is 3.25. The van der Waals surface area contributed by atoms with Crippen LogP contribution in [0.1, 0.15) is 31.2 Å². The van der Waals surface area contributed by atoms with Gasteiger partial charge in [0.05, 0.1) is 4.47 Å². The lowest BCUT2D eigenvalue weighted by molar-refractivity contribution is -0.0370. The van der Waals surface area contributed by atoms with Crippen LogP contribution in [0.5, 0.6) is 0 Å². The molecule has 0 amide bonds. The standard InChI is InChI=1S/C13H11BrFN3O/c14-9-5-4-8-10(7-16)17-18(13(8)12(9)15)11-3-1-2-6-19-11/h4-5,11H,1-3,6H2. The van der Waals surface area contributed by atoms with Crippen LogP contribution in [-0.4, -0.2) is 16.4 Å². The quantitative estimate of drug-likeness (QED) is 0.807. The maximum Gasteiger partial charge on any atom is 0.170 e. The van der Waals surface area contributed by atoms with Crippen LogP contribution >= 0.6 is 15.9 Å². The molecule has 6 heteroatoms. The Morgan fingerprint density at radius 2 is 2.32 bits per heavy atom. The SMILES string of the molecule is N#Cc1nn(C2CCCCO2)c2c(F)c(Br)ccc12. The Morgan fingerprint density at radius 3 is 3.00 bits per heavy atom. The number of aromatic nitrogens is 2. The Morgan fingerprint density at radius 1 is 1.47 bits per heavy atom. The summed E-state index contributed by atoms with van der Waals surface area (Å²) < 4.78 is 21.8. The molecule has 1 aromatic heterocycles. The summed E-state index contributed by atoms with van der Waals surface area (Å²) >= 11 is 3.17. The van der Waals surface area contributed by atoms with Gasteiger partial charge in [-0.1, -0.05) is 0 Å². The van der Waals surface area contributed by atoms with E-state index in [2.05, 4.69) is 21.0 Å². The summed E-state index contributed by atoms with van der Waals surface area (Å²) in [7, 11) is 0. The molecule has 2 heterocycles. The van der Waals surface area contributed by atoms with Crippen molar-refractivity contribution in [3.05, 3.63) is 28.1 Å². The van der Waals surface area contributed by atoms with Gasteiger partial charge in [0.15, 0.2) is 17.7 Å². The first-order valence-corrected chi connectivity index (χ1v) is 6.89. The molecule has 1 aliphatic rings. The van der Waals surface area contributed by atoms with Crippen molar-refractivity contribution >= 4 is 26.8 Å². The van der Waals surface area contributed by atoms with E-state index in [0.29, 0.717) is 22.0 Å². The highest BCUT2D eigenvalue weighted by molar-refractivity contribution is 9.10. The first kappa shape index (κ1) is 12.6. The number of benzene rings is 1. The van der Waals surface area contributed by atoms with Gasteiger partial charge in [-0.25, -0.2) is 9.07 Å². The molecule has 3 rings (SSSR count). The first-order chi connectivity index (χ1) is 9.22. The number of hydrogen-bond donors (Lipinski definition) is 0. The van der Waals surface area contributed by atoms with E-state index < -0.39 is 5.82 Å². The van der Waals surface area contributed by atoms with Gasteiger partial charge >= 0.3 is 0 Å². The maximum absolute atomic E-state index is 14.3. The number of hydrogen-bond acceptors (Lipinski definition) is 3. The monoisotopic (exact) mass is 323 g/mol. The third kappa shape index (κ3) is 2.03. The van der Waals surface area contributed by atoms with Crippen molar-refractivity contribution in [1.29, 1.82) is 5.26 Å². The Balaban J connectivity index is 2.23. The predicted octanol–water partition coefficient (Wildman–Crippen LogP) is 3.51. The fourth-order valence-electron chi connectivity index (χ4n) is 2.37. The molecular formula is C13H11BrFN3O. The minimum atomic E-state index is -0.402. The van der Waals surface area contributed by atoms with Crippen LogP contribution < -0.4 is 0 Å². The Labute approximate surface area is 117 Å². The zero-order valence-electron chi connectivity index (χ0n) is 10.1. The van der Waals surface area contributed by atoms with E-state index in [1.807, 2.05) is 6.07 Å². The third-order valence-electron chi connectivity index (χ3n) is 3.30. The molecule has 2 aromatic rings. The fourth-order valence-corrected chi connectivity index (χ4v) is 2.69. The average molecular weight is 324 g/mol. The van der Waals surface area contributed by atoms with Crippen LogP contribution in [0.15, 0.2) is 16.6 Å². The van der Waals surface area contributed by atoms with E-state index in [0.717, 1.165) is 19.3 Å². The highest BCUT2D eigenvalue weighted by atomic mass is 79.9. The highest BCUT2D eigenvalue weighted by Crippen LogP contribution is 2.32. The van der Waals surface area contributed by atoms with E-state index >= 15 is 0 Å². The molecule has 0 saturated carbocycles. The van der Waals surface area contributed by atoms with Gasteiger partial charge in [-0.05, 0) is 47.3 Å². The molecule has 19 heavy (non-hydrogen) atoms. The number of rotatable bonds is 1. The molecule has 1 aliphatic heterocycles. The molecule has 0 N–H and O–H groups in total. The largest absolute Gasteiger partial charge is 0.356 e. The normalized spacial score (nSPS) is 19.5. The molecule has 0 bridgehead atoms. The van der Waals surface area contributed by atoms with Crippen molar-refractivity contribution in [3.8, 4) is 6.07 Å². The van der Waals surface area contributed by atoms with Crippen LogP contribution in [0.3, 0.4) is 0 Å². The van der Waals surface area contributed by atoms with Gasteiger partial charge in [-0.15, -0.1) is 0 Å². The Hall–Kier alpha value is -1.45. The second-order valence-electron chi connectivity index (χ2n) is 4.48. The summed E-state index contributed by atoms with van der Waals surface area (Å²) in [4.78, 5) is 0. The molecule has 1 saturated heterocycles. The maximum atomic E-state index is 14.3. The van der Waals surface area contributed by atoms with Crippen molar-refractivity contribution < 1.29 is 9.13 Å². The van der Waals surface area contributed by atoms with Gasteiger partial charge in [0.25, 0.3) is 0 Å². The summed E-state index contributed by atoms with van der Waals surface area (Å²) in [6.07, 6.45) is 2.52. The molecule has 1 aromatic carbocycles. The van der Waals surface area contributed by atoms with Crippen LogP contribution in [0, 0.1) is 17.1 Å². The molecule has 4 nitrogen and oxygen atoms in total. The van der Waals surface area contributed by atoms with Gasteiger partial charge in [-0.2, -0.15) is 10.4 Å². The lowest BCUT2D eigenvalue weighted by Crippen LogP contribution is -2.19. The number of nitrogens with zero attached hydrogens (tertiary/aromatic N) is 3. The summed E-state index contributed by atoms with van der Waals surface area (Å²) in [5.74, 6) is -0.402. The van der Waals surface area contributed by atoms with Crippen molar-refractivity contribution in [2.45, 2.75) is 25.5 Å². The third-order valence-corrected chi connectivity index (χ3v) is 3.91. The zero-order valence-corrected chi connectivity index (χ0v) is 11.7. The lowest BCUT2D eigenvalue weighted by Gasteiger charge is -2.23. The van der Waals surface area contributed by atoms with E-state index in [1.54, 1.807) is 12.1 Å². The molecule has 1 atom stereocenters. The van der Waals surface area contributed by atoms with Crippen LogP contribution in [0.25, 0.3) is 10.9 Å². The zero-order chi connectivity index (χ0) is 13.4. The van der Waals surface area contributed by atoms with Crippen LogP contribution in [0.2, 0.25) is 0 Å². The number of ether oxygens (including phenoxy) is 1. The Bertz CT molecular complexity index is 671. The van der Waals surface area contributed by atoms with Crippen molar-refractivity contribution in [2.24, 2.45) is 0 Å². The highest BCUT2D eigenvalue weighted by Gasteiger charge is 2.23. The fraction of sp³-hybridized carbons (Fsp3) is 0.385. The second-order valence-corrected chi connectivity index (χ2v) is 5.34.